The molecule has 2 N–H and O–H groups in total. The van der Waals surface area contributed by atoms with Crippen LogP contribution in [0.15, 0.2) is 42.0 Å². The van der Waals surface area contributed by atoms with Crippen LogP contribution in [-0.4, -0.2) is 40.5 Å². The number of unbranched alkanes of at least 4 members (excludes halogenated alkanes) is 2. The standard InChI is InChI=1S/C25H29NO5/c1-5-6-7-12-26-22(17-10-11-20(31-4)19(27)14-17)21(24(29)25(26)30)23(28)18-9-8-15(2)16(3)13-18/h8-11,13-14,22,27-28H,5-7,12H2,1-4H3/b23-21-. The third-order valence-corrected chi connectivity index (χ3v) is 5.84. The van der Waals surface area contributed by atoms with Gasteiger partial charge in [-0.05, 0) is 55.2 Å². The Balaban J connectivity index is 2.16. The molecule has 0 aliphatic carbocycles. The number of aliphatic hydroxyl groups excluding tert-OH is 1. The average Bonchev–Trinajstić information content (AvgIpc) is 3.00. The minimum atomic E-state index is -0.782. The molecule has 1 amide bonds. The van der Waals surface area contributed by atoms with Gasteiger partial charge in [-0.1, -0.05) is 38.0 Å². The van der Waals surface area contributed by atoms with Crippen LogP contribution in [0.25, 0.3) is 5.76 Å². The first-order valence-electron chi connectivity index (χ1n) is 10.5. The number of hydrogen-bond donors (Lipinski definition) is 2. The number of hydrogen-bond acceptors (Lipinski definition) is 5. The van der Waals surface area contributed by atoms with E-state index in [4.69, 9.17) is 4.74 Å². The van der Waals surface area contributed by atoms with Crippen molar-refractivity contribution in [3.05, 3.63) is 64.2 Å². The van der Waals surface area contributed by atoms with Crippen molar-refractivity contribution in [1.82, 2.24) is 4.90 Å². The van der Waals surface area contributed by atoms with E-state index >= 15 is 0 Å². The number of aryl methyl sites for hydroxylation is 2. The summed E-state index contributed by atoms with van der Waals surface area (Å²) < 4.78 is 5.12. The summed E-state index contributed by atoms with van der Waals surface area (Å²) in [4.78, 5) is 27.4. The fourth-order valence-corrected chi connectivity index (χ4v) is 3.91. The molecule has 6 heteroatoms. The molecular formula is C25H29NO5. The van der Waals surface area contributed by atoms with E-state index in [1.165, 1.54) is 18.1 Å². The number of ether oxygens (including phenoxy) is 1. The number of aromatic hydroxyl groups is 1. The van der Waals surface area contributed by atoms with Crippen molar-refractivity contribution >= 4 is 17.4 Å². The number of nitrogens with zero attached hydrogens (tertiary/aromatic N) is 1. The number of Topliss-reactive ketones (excluding diaryl/α,β-unsaturated/α-hetero) is 1. The highest BCUT2D eigenvalue weighted by Gasteiger charge is 2.46. The lowest BCUT2D eigenvalue weighted by Crippen LogP contribution is -2.30. The predicted molar refractivity (Wildman–Crippen MR) is 119 cm³/mol. The number of rotatable bonds is 7. The van der Waals surface area contributed by atoms with Crippen LogP contribution in [0.3, 0.4) is 0 Å². The van der Waals surface area contributed by atoms with Gasteiger partial charge in [0.2, 0.25) is 0 Å². The van der Waals surface area contributed by atoms with Crippen LogP contribution < -0.4 is 4.74 Å². The Bertz CT molecular complexity index is 1040. The van der Waals surface area contributed by atoms with E-state index in [2.05, 4.69) is 6.92 Å². The van der Waals surface area contributed by atoms with E-state index in [0.717, 1.165) is 30.4 Å². The molecule has 2 aromatic carbocycles. The van der Waals surface area contributed by atoms with E-state index in [9.17, 15) is 19.8 Å². The topological polar surface area (TPSA) is 87.1 Å². The molecule has 31 heavy (non-hydrogen) atoms. The molecule has 1 aliphatic rings. The number of amides is 1. The Hall–Kier alpha value is -3.28. The molecule has 1 saturated heterocycles. The molecule has 0 saturated carbocycles. The summed E-state index contributed by atoms with van der Waals surface area (Å²) in [5.41, 5.74) is 3.10. The lowest BCUT2D eigenvalue weighted by atomic mass is 9.94. The molecule has 3 rings (SSSR count). The number of carbonyl (C=O) groups is 2. The van der Waals surface area contributed by atoms with Crippen LogP contribution in [0.5, 0.6) is 11.5 Å². The van der Waals surface area contributed by atoms with Crippen LogP contribution in [0.4, 0.5) is 0 Å². The third-order valence-electron chi connectivity index (χ3n) is 5.84. The predicted octanol–water partition coefficient (Wildman–Crippen LogP) is 4.63. The molecule has 1 heterocycles. The van der Waals surface area contributed by atoms with Crippen molar-refractivity contribution < 1.29 is 24.5 Å². The van der Waals surface area contributed by atoms with Gasteiger partial charge in [-0.2, -0.15) is 0 Å². The second-order valence-electron chi connectivity index (χ2n) is 7.93. The molecule has 1 atom stereocenters. The fourth-order valence-electron chi connectivity index (χ4n) is 3.91. The minimum absolute atomic E-state index is 0.0364. The van der Waals surface area contributed by atoms with Gasteiger partial charge in [0.05, 0.1) is 18.7 Å². The molecule has 0 spiro atoms. The summed E-state index contributed by atoms with van der Waals surface area (Å²) in [5, 5.41) is 21.4. The number of carbonyl (C=O) groups excluding carboxylic acids is 2. The van der Waals surface area contributed by atoms with Gasteiger partial charge >= 0.3 is 0 Å². The van der Waals surface area contributed by atoms with Crippen molar-refractivity contribution in [3.8, 4) is 11.5 Å². The highest BCUT2D eigenvalue weighted by molar-refractivity contribution is 6.46. The molecule has 0 radical (unpaired) electrons. The lowest BCUT2D eigenvalue weighted by molar-refractivity contribution is -0.139. The molecule has 1 fully saturated rings. The van der Waals surface area contributed by atoms with Gasteiger partial charge < -0.3 is 19.8 Å². The summed E-state index contributed by atoms with van der Waals surface area (Å²) >= 11 is 0. The molecular weight excluding hydrogens is 394 g/mol. The quantitative estimate of drug-likeness (QED) is 0.293. The van der Waals surface area contributed by atoms with Crippen LogP contribution in [0, 0.1) is 13.8 Å². The zero-order valence-corrected chi connectivity index (χ0v) is 18.4. The van der Waals surface area contributed by atoms with Gasteiger partial charge in [-0.25, -0.2) is 0 Å². The minimum Gasteiger partial charge on any atom is -0.507 e. The van der Waals surface area contributed by atoms with Crippen molar-refractivity contribution in [2.75, 3.05) is 13.7 Å². The van der Waals surface area contributed by atoms with Crippen LogP contribution >= 0.6 is 0 Å². The maximum absolute atomic E-state index is 13.0. The van der Waals surface area contributed by atoms with Gasteiger partial charge in [0.15, 0.2) is 11.5 Å². The molecule has 1 unspecified atom stereocenters. The molecule has 6 nitrogen and oxygen atoms in total. The summed E-state index contributed by atoms with van der Waals surface area (Å²) in [6.45, 7) is 6.34. The number of ketones is 1. The SMILES string of the molecule is CCCCCN1C(=O)C(=O)/C(=C(\O)c2ccc(C)c(C)c2)C1c1ccc(OC)c(O)c1. The average molecular weight is 424 g/mol. The number of phenolic OH excluding ortho intramolecular Hbond substituents is 1. The van der Waals surface area contributed by atoms with Gasteiger partial charge in [0, 0.05) is 12.1 Å². The van der Waals surface area contributed by atoms with Gasteiger partial charge in [0.1, 0.15) is 5.76 Å². The lowest BCUT2D eigenvalue weighted by Gasteiger charge is -2.25. The first kappa shape index (κ1) is 22.4. The first-order chi connectivity index (χ1) is 14.8. The Labute approximate surface area is 182 Å². The maximum atomic E-state index is 13.0. The number of phenols is 1. The number of methoxy groups -OCH3 is 1. The second kappa shape index (κ2) is 9.25. The van der Waals surface area contributed by atoms with E-state index in [-0.39, 0.29) is 17.1 Å². The Morgan fingerprint density at radius 2 is 1.81 bits per heavy atom. The highest BCUT2D eigenvalue weighted by atomic mass is 16.5. The normalized spacial score (nSPS) is 17.9. The van der Waals surface area contributed by atoms with E-state index < -0.39 is 17.7 Å². The zero-order chi connectivity index (χ0) is 22.7. The third kappa shape index (κ3) is 4.29. The van der Waals surface area contributed by atoms with E-state index in [0.29, 0.717) is 23.4 Å². The Morgan fingerprint density at radius 3 is 2.42 bits per heavy atom. The van der Waals surface area contributed by atoms with Gasteiger partial charge in [-0.15, -0.1) is 0 Å². The monoisotopic (exact) mass is 423 g/mol. The van der Waals surface area contributed by atoms with E-state index in [1.807, 2.05) is 19.9 Å². The Kier molecular flexibility index (Phi) is 6.68. The van der Waals surface area contributed by atoms with Crippen LogP contribution in [0.1, 0.15) is 54.5 Å². The van der Waals surface area contributed by atoms with Crippen molar-refractivity contribution in [2.45, 2.75) is 46.1 Å². The smallest absolute Gasteiger partial charge is 0.295 e. The van der Waals surface area contributed by atoms with Crippen LogP contribution in [-0.2, 0) is 9.59 Å². The zero-order valence-electron chi connectivity index (χ0n) is 18.4. The van der Waals surface area contributed by atoms with Gasteiger partial charge in [0.25, 0.3) is 11.7 Å². The largest absolute Gasteiger partial charge is 0.507 e. The number of benzene rings is 2. The van der Waals surface area contributed by atoms with Crippen molar-refractivity contribution in [1.29, 1.82) is 0 Å². The molecule has 1 aliphatic heterocycles. The molecule has 0 bridgehead atoms. The van der Waals surface area contributed by atoms with Gasteiger partial charge in [-0.3, -0.25) is 9.59 Å². The van der Waals surface area contributed by atoms with Crippen molar-refractivity contribution in [2.24, 2.45) is 0 Å². The van der Waals surface area contributed by atoms with Crippen molar-refractivity contribution in [3.63, 3.8) is 0 Å². The molecule has 2 aromatic rings. The van der Waals surface area contributed by atoms with Crippen LogP contribution in [0.2, 0.25) is 0 Å². The summed E-state index contributed by atoms with van der Waals surface area (Å²) in [7, 11) is 1.45. The highest BCUT2D eigenvalue weighted by Crippen LogP contribution is 2.42. The molecule has 0 aromatic heterocycles. The van der Waals surface area contributed by atoms with E-state index in [1.54, 1.807) is 24.3 Å². The Morgan fingerprint density at radius 1 is 1.06 bits per heavy atom. The maximum Gasteiger partial charge on any atom is 0.295 e. The summed E-state index contributed by atoms with van der Waals surface area (Å²) in [6, 6.07) is 9.41. The number of aliphatic hydroxyl groups is 1. The summed E-state index contributed by atoms with van der Waals surface area (Å²) in [6.07, 6.45) is 2.63. The molecule has 164 valence electrons. The fraction of sp³-hybridized carbons (Fsp3) is 0.360. The summed E-state index contributed by atoms with van der Waals surface area (Å²) in [5.74, 6) is -1.36. The number of likely N-dealkylation sites (tertiary alicyclic amines) is 1. The first-order valence-corrected chi connectivity index (χ1v) is 10.5. The second-order valence-corrected chi connectivity index (χ2v) is 7.93.